The van der Waals surface area contributed by atoms with Crippen molar-refractivity contribution in [2.45, 2.75) is 83.3 Å². The van der Waals surface area contributed by atoms with Crippen LogP contribution in [0.4, 0.5) is 19.0 Å². The Morgan fingerprint density at radius 2 is 2.06 bits per heavy atom. The molecule has 1 aliphatic heterocycles. The summed E-state index contributed by atoms with van der Waals surface area (Å²) < 4.78 is 39.6. The van der Waals surface area contributed by atoms with E-state index in [1.807, 2.05) is 6.92 Å². The van der Waals surface area contributed by atoms with Gasteiger partial charge in [0.2, 0.25) is 0 Å². The van der Waals surface area contributed by atoms with Gasteiger partial charge in [-0.3, -0.25) is 9.59 Å². The van der Waals surface area contributed by atoms with Crippen molar-refractivity contribution in [3.8, 4) is 10.4 Å². The first-order chi connectivity index (χ1) is 17.0. The van der Waals surface area contributed by atoms with Gasteiger partial charge in [0.25, 0.3) is 11.8 Å². The van der Waals surface area contributed by atoms with Gasteiger partial charge in [-0.2, -0.15) is 13.2 Å². The van der Waals surface area contributed by atoms with Gasteiger partial charge in [0.1, 0.15) is 17.6 Å². The van der Waals surface area contributed by atoms with Crippen LogP contribution in [0.15, 0.2) is 12.3 Å². The SMILES string of the molecule is CC[C@H](Nc1cc(C)c(-c2sc(C(=O)N[C@@H]3CC[C@@H]3O)nc2C(=O)N2CCC[C@@H]2C)cn1)C(F)(F)F. The summed E-state index contributed by atoms with van der Waals surface area (Å²) in [6.45, 7) is 5.70. The summed E-state index contributed by atoms with van der Waals surface area (Å²) >= 11 is 1.04. The number of aliphatic hydroxyl groups is 1. The van der Waals surface area contributed by atoms with Gasteiger partial charge in [-0.15, -0.1) is 11.3 Å². The van der Waals surface area contributed by atoms with Crippen molar-refractivity contribution in [3.63, 3.8) is 0 Å². The minimum absolute atomic E-state index is 0.0357. The molecule has 2 amide bonds. The Kier molecular flexibility index (Phi) is 7.56. The minimum Gasteiger partial charge on any atom is -0.391 e. The number of carbonyl (C=O) groups is 2. The molecular weight excluding hydrogens is 495 g/mol. The van der Waals surface area contributed by atoms with Gasteiger partial charge < -0.3 is 20.6 Å². The predicted molar refractivity (Wildman–Crippen MR) is 130 cm³/mol. The highest BCUT2D eigenvalue weighted by atomic mass is 32.1. The Morgan fingerprint density at radius 3 is 2.58 bits per heavy atom. The van der Waals surface area contributed by atoms with Crippen molar-refractivity contribution in [2.75, 3.05) is 11.9 Å². The maximum Gasteiger partial charge on any atom is 0.408 e. The van der Waals surface area contributed by atoms with Crippen LogP contribution in [0.3, 0.4) is 0 Å². The van der Waals surface area contributed by atoms with Crippen molar-refractivity contribution in [3.05, 3.63) is 28.5 Å². The fourth-order valence-electron chi connectivity index (χ4n) is 4.46. The molecule has 2 aromatic rings. The van der Waals surface area contributed by atoms with Crippen LogP contribution in [0.25, 0.3) is 10.4 Å². The second-order valence-electron chi connectivity index (χ2n) is 9.44. The highest BCUT2D eigenvalue weighted by Gasteiger charge is 2.39. The van der Waals surface area contributed by atoms with Crippen molar-refractivity contribution < 1.29 is 27.9 Å². The van der Waals surface area contributed by atoms with E-state index in [2.05, 4.69) is 20.6 Å². The smallest absolute Gasteiger partial charge is 0.391 e. The first kappa shape index (κ1) is 26.3. The molecule has 36 heavy (non-hydrogen) atoms. The molecule has 0 bridgehead atoms. The standard InChI is InChI=1S/C24H30F3N5O3S/c1-4-17(24(25,26)27)30-18-10-12(2)14(11-28-18)20-19(23(35)32-9-5-6-13(32)3)31-22(36-20)21(34)29-15-7-8-16(15)33/h10-11,13,15-17,33H,4-9H2,1-3H3,(H,28,30)(H,29,34)/t13-,15+,16-,17-/m0/s1. The van der Waals surface area contributed by atoms with Crippen LogP contribution in [0, 0.1) is 6.92 Å². The Hall–Kier alpha value is -2.73. The number of aromatic nitrogens is 2. The molecule has 1 aliphatic carbocycles. The molecule has 0 radical (unpaired) electrons. The number of likely N-dealkylation sites (tertiary alicyclic amines) is 1. The third kappa shape index (κ3) is 5.34. The number of anilines is 1. The molecule has 2 aromatic heterocycles. The number of thiazole rings is 1. The minimum atomic E-state index is -4.41. The van der Waals surface area contributed by atoms with E-state index in [1.54, 1.807) is 11.8 Å². The van der Waals surface area contributed by atoms with Gasteiger partial charge in [0.15, 0.2) is 5.01 Å². The first-order valence-electron chi connectivity index (χ1n) is 12.1. The van der Waals surface area contributed by atoms with E-state index in [1.165, 1.54) is 19.2 Å². The molecule has 12 heteroatoms. The van der Waals surface area contributed by atoms with Gasteiger partial charge in [0.05, 0.1) is 17.0 Å². The van der Waals surface area contributed by atoms with E-state index in [4.69, 9.17) is 0 Å². The average molecular weight is 526 g/mol. The predicted octanol–water partition coefficient (Wildman–Crippen LogP) is 4.14. The lowest BCUT2D eigenvalue weighted by Gasteiger charge is -2.32. The van der Waals surface area contributed by atoms with Crippen LogP contribution in [-0.2, 0) is 0 Å². The highest BCUT2D eigenvalue weighted by Crippen LogP contribution is 2.36. The zero-order valence-electron chi connectivity index (χ0n) is 20.4. The summed E-state index contributed by atoms with van der Waals surface area (Å²) in [7, 11) is 0. The summed E-state index contributed by atoms with van der Waals surface area (Å²) in [5, 5.41) is 15.1. The van der Waals surface area contributed by atoms with Gasteiger partial charge in [0, 0.05) is 24.3 Å². The molecule has 2 fully saturated rings. The molecule has 8 nitrogen and oxygen atoms in total. The molecule has 3 heterocycles. The summed E-state index contributed by atoms with van der Waals surface area (Å²) in [5.74, 6) is -0.694. The number of rotatable bonds is 7. The third-order valence-electron chi connectivity index (χ3n) is 6.87. The van der Waals surface area contributed by atoms with Crippen molar-refractivity contribution in [1.82, 2.24) is 20.2 Å². The summed E-state index contributed by atoms with van der Waals surface area (Å²) in [5.41, 5.74) is 1.24. The average Bonchev–Trinajstić information content (AvgIpc) is 3.45. The zero-order chi connectivity index (χ0) is 26.2. The molecular formula is C24H30F3N5O3S. The number of pyridine rings is 1. The Balaban J connectivity index is 1.67. The van der Waals surface area contributed by atoms with Gasteiger partial charge in [-0.25, -0.2) is 9.97 Å². The molecule has 196 valence electrons. The molecule has 0 unspecified atom stereocenters. The summed E-state index contributed by atoms with van der Waals surface area (Å²) in [6.07, 6.45) is -0.732. The van der Waals surface area contributed by atoms with E-state index in [9.17, 15) is 27.9 Å². The van der Waals surface area contributed by atoms with Crippen LogP contribution in [-0.4, -0.2) is 68.7 Å². The lowest BCUT2D eigenvalue weighted by atomic mass is 9.89. The first-order valence-corrected chi connectivity index (χ1v) is 12.9. The maximum absolute atomic E-state index is 13.4. The van der Waals surface area contributed by atoms with Crippen LogP contribution < -0.4 is 10.6 Å². The molecule has 0 aromatic carbocycles. The lowest BCUT2D eigenvalue weighted by molar-refractivity contribution is -0.142. The lowest BCUT2D eigenvalue weighted by Crippen LogP contribution is -2.50. The van der Waals surface area contributed by atoms with E-state index in [0.29, 0.717) is 35.4 Å². The number of hydrogen-bond acceptors (Lipinski definition) is 7. The number of aryl methyl sites for hydroxylation is 1. The molecule has 4 atom stereocenters. The van der Waals surface area contributed by atoms with Crippen molar-refractivity contribution in [1.29, 1.82) is 0 Å². The number of carbonyl (C=O) groups excluding carboxylic acids is 2. The van der Waals surface area contributed by atoms with E-state index in [0.717, 1.165) is 24.2 Å². The second kappa shape index (κ2) is 10.3. The van der Waals surface area contributed by atoms with Crippen LogP contribution >= 0.6 is 11.3 Å². The monoisotopic (exact) mass is 525 g/mol. The summed E-state index contributed by atoms with van der Waals surface area (Å²) in [6, 6.07) is -0.546. The van der Waals surface area contributed by atoms with E-state index >= 15 is 0 Å². The van der Waals surface area contributed by atoms with Gasteiger partial charge in [-0.05, 0) is 57.6 Å². The number of nitrogens with one attached hydrogen (secondary N) is 2. The van der Waals surface area contributed by atoms with Crippen LogP contribution in [0.5, 0.6) is 0 Å². The fraction of sp³-hybridized carbons (Fsp3) is 0.583. The van der Waals surface area contributed by atoms with Gasteiger partial charge >= 0.3 is 6.18 Å². The van der Waals surface area contributed by atoms with E-state index in [-0.39, 0.29) is 40.9 Å². The number of hydrogen-bond donors (Lipinski definition) is 3. The van der Waals surface area contributed by atoms with Crippen LogP contribution in [0.1, 0.15) is 71.8 Å². The number of halogens is 3. The topological polar surface area (TPSA) is 107 Å². The molecule has 1 saturated carbocycles. The van der Waals surface area contributed by atoms with Crippen LogP contribution in [0.2, 0.25) is 0 Å². The maximum atomic E-state index is 13.4. The highest BCUT2D eigenvalue weighted by molar-refractivity contribution is 7.17. The van der Waals surface area contributed by atoms with E-state index < -0.39 is 24.2 Å². The van der Waals surface area contributed by atoms with Crippen molar-refractivity contribution >= 4 is 29.0 Å². The number of aliphatic hydroxyl groups excluding tert-OH is 1. The van der Waals surface area contributed by atoms with Gasteiger partial charge in [-0.1, -0.05) is 6.92 Å². The molecule has 1 saturated heterocycles. The fourth-order valence-corrected chi connectivity index (χ4v) is 5.50. The zero-order valence-corrected chi connectivity index (χ0v) is 21.2. The molecule has 4 rings (SSSR count). The number of nitrogens with zero attached hydrogens (tertiary/aromatic N) is 3. The molecule has 2 aliphatic rings. The Morgan fingerprint density at radius 1 is 1.31 bits per heavy atom. The van der Waals surface area contributed by atoms with Crippen molar-refractivity contribution in [2.24, 2.45) is 0 Å². The number of alkyl halides is 3. The Bertz CT molecular complexity index is 1140. The molecule has 0 spiro atoms. The Labute approximate surface area is 211 Å². The second-order valence-corrected chi connectivity index (χ2v) is 10.4. The molecule has 3 N–H and O–H groups in total. The normalized spacial score (nSPS) is 22.8. The largest absolute Gasteiger partial charge is 0.408 e. The quantitative estimate of drug-likeness (QED) is 0.502. The summed E-state index contributed by atoms with van der Waals surface area (Å²) in [4.78, 5) is 37.0. The third-order valence-corrected chi connectivity index (χ3v) is 7.96. The number of amides is 2.